The molecule has 118 valence electrons. The van der Waals surface area contributed by atoms with Crippen molar-refractivity contribution < 1.29 is 9.53 Å². The fourth-order valence-electron chi connectivity index (χ4n) is 2.34. The van der Waals surface area contributed by atoms with E-state index < -0.39 is 0 Å². The van der Waals surface area contributed by atoms with Crippen molar-refractivity contribution in [3.05, 3.63) is 47.6 Å². The number of rotatable bonds is 5. The predicted molar refractivity (Wildman–Crippen MR) is 86.6 cm³/mol. The van der Waals surface area contributed by atoms with Crippen LogP contribution in [0.2, 0.25) is 5.28 Å². The minimum absolute atomic E-state index is 0.178. The monoisotopic (exact) mass is 330 g/mol. The van der Waals surface area contributed by atoms with Crippen LogP contribution in [0.1, 0.15) is 18.4 Å². The van der Waals surface area contributed by atoms with E-state index in [1.165, 1.54) is 7.11 Å². The topological polar surface area (TPSA) is 69.9 Å². The zero-order chi connectivity index (χ0) is 16.2. The number of aryl methyl sites for hydroxylation is 1. The highest BCUT2D eigenvalue weighted by Gasteiger charge is 2.08. The van der Waals surface area contributed by atoms with Crippen LogP contribution in [-0.4, -0.2) is 32.6 Å². The summed E-state index contributed by atoms with van der Waals surface area (Å²) in [6.07, 6.45) is 5.32. The second kappa shape index (κ2) is 6.75. The quantitative estimate of drug-likeness (QED) is 0.531. The van der Waals surface area contributed by atoms with Crippen molar-refractivity contribution in [2.75, 3.05) is 7.11 Å². The molecule has 0 fully saturated rings. The van der Waals surface area contributed by atoms with E-state index in [9.17, 15) is 4.79 Å². The van der Waals surface area contributed by atoms with Crippen molar-refractivity contribution in [3.8, 4) is 5.69 Å². The summed E-state index contributed by atoms with van der Waals surface area (Å²) in [6.45, 7) is 0. The number of esters is 1. The van der Waals surface area contributed by atoms with Crippen LogP contribution in [0.15, 0.2) is 36.8 Å². The number of halogens is 1. The van der Waals surface area contributed by atoms with Gasteiger partial charge in [0.1, 0.15) is 11.8 Å². The van der Waals surface area contributed by atoms with Crippen LogP contribution in [0.5, 0.6) is 0 Å². The Morgan fingerprint density at radius 2 is 2.04 bits per heavy atom. The van der Waals surface area contributed by atoms with Crippen LogP contribution in [-0.2, 0) is 16.0 Å². The predicted octanol–water partition coefficient (Wildman–Crippen LogP) is 2.96. The molecule has 1 aromatic carbocycles. The molecular formula is C16H15ClN4O2. The van der Waals surface area contributed by atoms with Crippen molar-refractivity contribution >= 4 is 28.7 Å². The Bertz CT molecular complexity index is 830. The van der Waals surface area contributed by atoms with Gasteiger partial charge in [-0.2, -0.15) is 4.98 Å². The highest BCUT2D eigenvalue weighted by Crippen LogP contribution is 2.18. The molecule has 0 saturated heterocycles. The largest absolute Gasteiger partial charge is 0.469 e. The Labute approximate surface area is 138 Å². The number of ether oxygens (including phenoxy) is 1. The smallest absolute Gasteiger partial charge is 0.305 e. The first-order valence-corrected chi connectivity index (χ1v) is 7.57. The Kier molecular flexibility index (Phi) is 4.52. The van der Waals surface area contributed by atoms with Crippen molar-refractivity contribution in [1.82, 2.24) is 19.5 Å². The highest BCUT2D eigenvalue weighted by molar-refractivity contribution is 6.28. The van der Waals surface area contributed by atoms with Crippen LogP contribution >= 0.6 is 11.6 Å². The average Bonchev–Trinajstić information content (AvgIpc) is 2.98. The summed E-state index contributed by atoms with van der Waals surface area (Å²) < 4.78 is 6.50. The van der Waals surface area contributed by atoms with E-state index in [2.05, 4.69) is 19.7 Å². The third-order valence-electron chi connectivity index (χ3n) is 3.55. The standard InChI is InChI=1S/C16H15ClN4O2/c1-23-14(22)4-2-3-11-5-7-12(8-6-11)21-10-19-13-9-18-16(17)20-15(13)21/h5-10H,2-4H2,1H3. The van der Waals surface area contributed by atoms with Gasteiger partial charge in [-0.05, 0) is 42.1 Å². The van der Waals surface area contributed by atoms with Gasteiger partial charge in [0, 0.05) is 12.1 Å². The van der Waals surface area contributed by atoms with Gasteiger partial charge >= 0.3 is 5.97 Å². The van der Waals surface area contributed by atoms with Gasteiger partial charge < -0.3 is 4.74 Å². The number of nitrogens with zero attached hydrogens (tertiary/aromatic N) is 4. The summed E-state index contributed by atoms with van der Waals surface area (Å²) in [4.78, 5) is 23.5. The highest BCUT2D eigenvalue weighted by atomic mass is 35.5. The van der Waals surface area contributed by atoms with E-state index in [1.54, 1.807) is 12.5 Å². The molecule has 0 aliphatic heterocycles. The van der Waals surface area contributed by atoms with Gasteiger partial charge in [-0.3, -0.25) is 9.36 Å². The minimum Gasteiger partial charge on any atom is -0.469 e. The fraction of sp³-hybridized carbons (Fsp3) is 0.250. The number of imidazole rings is 1. The normalized spacial score (nSPS) is 10.9. The maximum Gasteiger partial charge on any atom is 0.305 e. The molecule has 0 spiro atoms. The fourth-order valence-corrected chi connectivity index (χ4v) is 2.47. The van der Waals surface area contributed by atoms with E-state index in [-0.39, 0.29) is 11.3 Å². The van der Waals surface area contributed by atoms with E-state index in [1.807, 2.05) is 28.8 Å². The van der Waals surface area contributed by atoms with Crippen LogP contribution in [0.25, 0.3) is 16.9 Å². The van der Waals surface area contributed by atoms with Gasteiger partial charge in [-0.1, -0.05) is 12.1 Å². The number of fused-ring (bicyclic) bond motifs is 1. The molecule has 2 aromatic heterocycles. The third kappa shape index (κ3) is 3.48. The van der Waals surface area contributed by atoms with Crippen molar-refractivity contribution in [2.45, 2.75) is 19.3 Å². The molecule has 7 heteroatoms. The molecule has 0 atom stereocenters. The van der Waals surface area contributed by atoms with Crippen LogP contribution in [0.4, 0.5) is 0 Å². The molecule has 3 rings (SSSR count). The molecule has 6 nitrogen and oxygen atoms in total. The first-order valence-electron chi connectivity index (χ1n) is 7.19. The molecule has 2 heterocycles. The summed E-state index contributed by atoms with van der Waals surface area (Å²) in [5.41, 5.74) is 3.47. The number of carbonyl (C=O) groups excluding carboxylic acids is 1. The summed E-state index contributed by atoms with van der Waals surface area (Å²) in [5.74, 6) is -0.178. The molecule has 0 saturated carbocycles. The summed E-state index contributed by atoms with van der Waals surface area (Å²) >= 11 is 5.85. The molecule has 0 aliphatic carbocycles. The Morgan fingerprint density at radius 3 is 2.78 bits per heavy atom. The second-order valence-electron chi connectivity index (χ2n) is 5.06. The van der Waals surface area contributed by atoms with E-state index in [4.69, 9.17) is 11.6 Å². The Morgan fingerprint density at radius 1 is 1.26 bits per heavy atom. The van der Waals surface area contributed by atoms with E-state index in [0.29, 0.717) is 17.6 Å². The van der Waals surface area contributed by atoms with Crippen molar-refractivity contribution in [1.29, 1.82) is 0 Å². The average molecular weight is 331 g/mol. The van der Waals surface area contributed by atoms with Gasteiger partial charge in [-0.25, -0.2) is 9.97 Å². The van der Waals surface area contributed by atoms with Gasteiger partial charge in [-0.15, -0.1) is 0 Å². The van der Waals surface area contributed by atoms with Crippen LogP contribution < -0.4 is 0 Å². The maximum atomic E-state index is 11.1. The molecule has 0 amide bonds. The summed E-state index contributed by atoms with van der Waals surface area (Å²) in [6, 6.07) is 8.04. The second-order valence-corrected chi connectivity index (χ2v) is 5.40. The summed E-state index contributed by atoms with van der Waals surface area (Å²) in [7, 11) is 1.41. The molecule has 0 aliphatic rings. The lowest BCUT2D eigenvalue weighted by atomic mass is 10.1. The molecule has 3 aromatic rings. The van der Waals surface area contributed by atoms with Crippen LogP contribution in [0, 0.1) is 0 Å². The van der Waals surface area contributed by atoms with Gasteiger partial charge in [0.25, 0.3) is 0 Å². The molecule has 0 unspecified atom stereocenters. The lowest BCUT2D eigenvalue weighted by Crippen LogP contribution is -2.00. The van der Waals surface area contributed by atoms with Crippen LogP contribution in [0.3, 0.4) is 0 Å². The molecular weight excluding hydrogens is 316 g/mol. The van der Waals surface area contributed by atoms with Gasteiger partial charge in [0.05, 0.1) is 13.3 Å². The zero-order valence-corrected chi connectivity index (χ0v) is 13.3. The first-order chi connectivity index (χ1) is 11.2. The van der Waals surface area contributed by atoms with Crippen molar-refractivity contribution in [3.63, 3.8) is 0 Å². The molecule has 0 bridgehead atoms. The van der Waals surface area contributed by atoms with Crippen molar-refractivity contribution in [2.24, 2.45) is 0 Å². The maximum absolute atomic E-state index is 11.1. The lowest BCUT2D eigenvalue weighted by Gasteiger charge is -2.06. The number of hydrogen-bond acceptors (Lipinski definition) is 5. The SMILES string of the molecule is COC(=O)CCCc1ccc(-n2cnc3cnc(Cl)nc32)cc1. The molecule has 23 heavy (non-hydrogen) atoms. The number of carbonyl (C=O) groups is 1. The third-order valence-corrected chi connectivity index (χ3v) is 3.73. The number of hydrogen-bond donors (Lipinski definition) is 0. The Balaban J connectivity index is 1.76. The van der Waals surface area contributed by atoms with E-state index in [0.717, 1.165) is 24.1 Å². The lowest BCUT2D eigenvalue weighted by molar-refractivity contribution is -0.140. The Hall–Kier alpha value is -2.47. The number of aromatic nitrogens is 4. The summed E-state index contributed by atoms with van der Waals surface area (Å²) in [5, 5.41) is 0.193. The van der Waals surface area contributed by atoms with Gasteiger partial charge in [0.15, 0.2) is 5.65 Å². The first kappa shape index (κ1) is 15.4. The zero-order valence-electron chi connectivity index (χ0n) is 12.6. The number of methoxy groups -OCH3 is 1. The minimum atomic E-state index is -0.178. The van der Waals surface area contributed by atoms with E-state index >= 15 is 0 Å². The molecule has 0 radical (unpaired) electrons. The number of benzene rings is 1. The van der Waals surface area contributed by atoms with Gasteiger partial charge in [0.2, 0.25) is 5.28 Å². The molecule has 0 N–H and O–H groups in total.